The Bertz CT molecular complexity index is 652. The van der Waals surface area contributed by atoms with Gasteiger partial charge in [0, 0.05) is 26.0 Å². The lowest BCUT2D eigenvalue weighted by atomic mass is 10.3. The summed E-state index contributed by atoms with van der Waals surface area (Å²) in [5.74, 6) is 0.550. The maximum atomic E-state index is 10.8. The molecule has 2 heterocycles. The van der Waals surface area contributed by atoms with Crippen LogP contribution in [0.3, 0.4) is 0 Å². The zero-order valence-electron chi connectivity index (χ0n) is 10.9. The predicted octanol–water partition coefficient (Wildman–Crippen LogP) is 0.848. The van der Waals surface area contributed by atoms with Crippen molar-refractivity contribution in [3.63, 3.8) is 0 Å². The van der Waals surface area contributed by atoms with Gasteiger partial charge in [0.15, 0.2) is 5.82 Å². The first-order valence-electron chi connectivity index (χ1n) is 6.04. The Hall–Kier alpha value is -2.76. The van der Waals surface area contributed by atoms with E-state index < -0.39 is 4.92 Å². The lowest BCUT2D eigenvalue weighted by Gasteiger charge is -2.02. The molecule has 0 fully saturated rings. The first kappa shape index (κ1) is 13.7. The lowest BCUT2D eigenvalue weighted by molar-refractivity contribution is -0.392. The Morgan fingerprint density at radius 2 is 2.30 bits per heavy atom. The Balaban J connectivity index is 2.02. The van der Waals surface area contributed by atoms with Gasteiger partial charge in [-0.15, -0.1) is 5.10 Å². The second-order valence-electron chi connectivity index (χ2n) is 4.20. The highest BCUT2D eigenvalue weighted by Gasteiger charge is 2.17. The van der Waals surface area contributed by atoms with Crippen molar-refractivity contribution in [1.82, 2.24) is 24.5 Å². The van der Waals surface area contributed by atoms with E-state index in [1.165, 1.54) is 10.8 Å². The normalized spacial score (nSPS) is 10.4. The molecule has 0 spiro atoms. The average molecular weight is 275 g/mol. The van der Waals surface area contributed by atoms with Crippen molar-refractivity contribution in [2.24, 2.45) is 0 Å². The van der Waals surface area contributed by atoms with Gasteiger partial charge in [0.2, 0.25) is 0 Å². The van der Waals surface area contributed by atoms with Gasteiger partial charge in [0.05, 0.1) is 18.3 Å². The van der Waals surface area contributed by atoms with Gasteiger partial charge in [-0.05, 0) is 4.92 Å². The molecule has 0 aliphatic carbocycles. The SMILES string of the molecule is Cc1ncc([N+](=O)[O-])n1CCn1cc(CCC#N)nn1. The van der Waals surface area contributed by atoms with Gasteiger partial charge in [-0.3, -0.25) is 0 Å². The van der Waals surface area contributed by atoms with Crippen LogP contribution in [-0.2, 0) is 19.5 Å². The third-order valence-electron chi connectivity index (χ3n) is 2.85. The van der Waals surface area contributed by atoms with E-state index in [4.69, 9.17) is 5.26 Å². The summed E-state index contributed by atoms with van der Waals surface area (Å²) in [4.78, 5) is 14.3. The van der Waals surface area contributed by atoms with E-state index in [1.807, 2.05) is 6.07 Å². The maximum Gasteiger partial charge on any atom is 0.342 e. The van der Waals surface area contributed by atoms with Crippen molar-refractivity contribution in [2.75, 3.05) is 0 Å². The Morgan fingerprint density at radius 3 is 3.00 bits per heavy atom. The minimum absolute atomic E-state index is 0.0349. The molecule has 0 amide bonds. The molecular weight excluding hydrogens is 262 g/mol. The van der Waals surface area contributed by atoms with Crippen LogP contribution in [0.2, 0.25) is 0 Å². The quantitative estimate of drug-likeness (QED) is 0.570. The van der Waals surface area contributed by atoms with Gasteiger partial charge < -0.3 is 10.1 Å². The van der Waals surface area contributed by atoms with Crippen LogP contribution in [0.1, 0.15) is 17.9 Å². The Morgan fingerprint density at radius 1 is 1.50 bits per heavy atom. The fourth-order valence-electron chi connectivity index (χ4n) is 1.83. The van der Waals surface area contributed by atoms with Crippen molar-refractivity contribution in [1.29, 1.82) is 5.26 Å². The van der Waals surface area contributed by atoms with Gasteiger partial charge >= 0.3 is 5.82 Å². The molecule has 9 nitrogen and oxygen atoms in total. The number of hydrogen-bond acceptors (Lipinski definition) is 6. The number of imidazole rings is 1. The van der Waals surface area contributed by atoms with Gasteiger partial charge in [0.1, 0.15) is 12.7 Å². The van der Waals surface area contributed by atoms with Crippen molar-refractivity contribution in [3.8, 4) is 6.07 Å². The largest absolute Gasteiger partial charge is 0.358 e. The summed E-state index contributed by atoms with van der Waals surface area (Å²) in [6.07, 6.45) is 3.94. The second-order valence-corrected chi connectivity index (χ2v) is 4.20. The molecule has 104 valence electrons. The van der Waals surface area contributed by atoms with Crippen molar-refractivity contribution < 1.29 is 4.92 Å². The summed E-state index contributed by atoms with van der Waals surface area (Å²) in [5.41, 5.74) is 0.739. The van der Waals surface area contributed by atoms with Crippen molar-refractivity contribution in [3.05, 3.63) is 34.0 Å². The molecule has 0 saturated heterocycles. The second kappa shape index (κ2) is 5.92. The van der Waals surface area contributed by atoms with E-state index in [2.05, 4.69) is 15.3 Å². The fourth-order valence-corrected chi connectivity index (χ4v) is 1.83. The number of nitro groups is 1. The summed E-state index contributed by atoms with van der Waals surface area (Å²) >= 11 is 0. The Kier molecular flexibility index (Phi) is 4.05. The molecule has 0 atom stereocenters. The minimum atomic E-state index is -0.459. The van der Waals surface area contributed by atoms with Crippen LogP contribution >= 0.6 is 0 Å². The van der Waals surface area contributed by atoms with Crippen LogP contribution in [0.4, 0.5) is 5.82 Å². The molecule has 0 bridgehead atoms. The zero-order valence-corrected chi connectivity index (χ0v) is 10.9. The Labute approximate surface area is 114 Å². The molecule has 0 aliphatic rings. The molecule has 0 unspecified atom stereocenters. The van der Waals surface area contributed by atoms with Crippen LogP contribution in [0, 0.1) is 28.4 Å². The monoisotopic (exact) mass is 275 g/mol. The predicted molar refractivity (Wildman–Crippen MR) is 67.6 cm³/mol. The van der Waals surface area contributed by atoms with Crippen LogP contribution in [-0.4, -0.2) is 29.5 Å². The highest BCUT2D eigenvalue weighted by molar-refractivity contribution is 5.18. The third kappa shape index (κ3) is 2.97. The average Bonchev–Trinajstić information content (AvgIpc) is 3.00. The van der Waals surface area contributed by atoms with E-state index in [9.17, 15) is 10.1 Å². The summed E-state index contributed by atoms with van der Waals surface area (Å²) in [6, 6.07) is 2.04. The highest BCUT2D eigenvalue weighted by Crippen LogP contribution is 2.13. The number of rotatable bonds is 6. The molecule has 20 heavy (non-hydrogen) atoms. The summed E-state index contributed by atoms with van der Waals surface area (Å²) in [5, 5.41) is 27.2. The number of hydrogen-bond donors (Lipinski definition) is 0. The molecular formula is C11H13N7O2. The maximum absolute atomic E-state index is 10.8. The third-order valence-corrected chi connectivity index (χ3v) is 2.85. The molecule has 0 aliphatic heterocycles. The van der Waals surface area contributed by atoms with E-state index >= 15 is 0 Å². The summed E-state index contributed by atoms with van der Waals surface area (Å²) < 4.78 is 3.13. The van der Waals surface area contributed by atoms with E-state index in [0.717, 1.165) is 5.69 Å². The molecule has 2 aromatic rings. The standard InChI is InChI=1S/C11H13N7O2/c1-9-13-7-11(18(19)20)17(9)6-5-16-8-10(14-15-16)3-2-4-12/h7-8H,2-3,5-6H2,1H3. The van der Waals surface area contributed by atoms with E-state index in [-0.39, 0.29) is 5.82 Å². The number of nitriles is 1. The molecule has 0 radical (unpaired) electrons. The van der Waals surface area contributed by atoms with Crippen molar-refractivity contribution in [2.45, 2.75) is 32.9 Å². The van der Waals surface area contributed by atoms with Crippen LogP contribution in [0.15, 0.2) is 12.4 Å². The van der Waals surface area contributed by atoms with Gasteiger partial charge in [-0.2, -0.15) is 5.26 Å². The van der Waals surface area contributed by atoms with Crippen LogP contribution in [0.5, 0.6) is 0 Å². The first-order chi connectivity index (χ1) is 9.61. The molecule has 0 N–H and O–H groups in total. The minimum Gasteiger partial charge on any atom is -0.358 e. The summed E-state index contributed by atoms with van der Waals surface area (Å²) in [6.45, 7) is 2.56. The van der Waals surface area contributed by atoms with Crippen LogP contribution in [0.25, 0.3) is 0 Å². The van der Waals surface area contributed by atoms with Gasteiger partial charge in [0.25, 0.3) is 0 Å². The highest BCUT2D eigenvalue weighted by atomic mass is 16.6. The lowest BCUT2D eigenvalue weighted by Crippen LogP contribution is -2.11. The molecule has 0 saturated carbocycles. The molecule has 2 aromatic heterocycles. The summed E-state index contributed by atoms with van der Waals surface area (Å²) in [7, 11) is 0. The smallest absolute Gasteiger partial charge is 0.342 e. The number of aromatic nitrogens is 5. The first-order valence-corrected chi connectivity index (χ1v) is 6.04. The molecule has 9 heteroatoms. The fraction of sp³-hybridized carbons (Fsp3) is 0.455. The van der Waals surface area contributed by atoms with Gasteiger partial charge in [-0.1, -0.05) is 5.21 Å². The topological polar surface area (TPSA) is 115 Å². The number of nitrogens with zero attached hydrogens (tertiary/aromatic N) is 7. The van der Waals surface area contributed by atoms with E-state index in [0.29, 0.717) is 31.8 Å². The molecule has 2 rings (SSSR count). The molecule has 0 aromatic carbocycles. The van der Waals surface area contributed by atoms with Crippen LogP contribution < -0.4 is 0 Å². The van der Waals surface area contributed by atoms with E-state index in [1.54, 1.807) is 17.8 Å². The van der Waals surface area contributed by atoms with Crippen molar-refractivity contribution >= 4 is 5.82 Å². The number of aryl methyl sites for hydroxylation is 3. The van der Waals surface area contributed by atoms with Gasteiger partial charge in [-0.25, -0.2) is 14.2 Å². The zero-order chi connectivity index (χ0) is 14.5.